The number of methoxy groups -OCH3 is 1. The number of nitrogens with zero attached hydrogens (tertiary/aromatic N) is 1. The number of alkyl halides is 1. The van der Waals surface area contributed by atoms with Crippen molar-refractivity contribution in [3.05, 3.63) is 0 Å². The van der Waals surface area contributed by atoms with E-state index in [0.29, 0.717) is 0 Å². The molecule has 1 aliphatic heterocycles. The van der Waals surface area contributed by atoms with E-state index in [-0.39, 0.29) is 31.3 Å². The fourth-order valence-corrected chi connectivity index (χ4v) is 1.81. The van der Waals surface area contributed by atoms with Gasteiger partial charge in [0.15, 0.2) is 0 Å². The van der Waals surface area contributed by atoms with Crippen LogP contribution >= 0.6 is 0 Å². The van der Waals surface area contributed by atoms with Crippen LogP contribution in [0.2, 0.25) is 0 Å². The van der Waals surface area contributed by atoms with E-state index in [1.165, 1.54) is 4.90 Å². The summed E-state index contributed by atoms with van der Waals surface area (Å²) in [7, 11) is 1.13. The van der Waals surface area contributed by atoms with Gasteiger partial charge in [-0.25, -0.2) is 9.18 Å². The van der Waals surface area contributed by atoms with Gasteiger partial charge in [0.2, 0.25) is 11.6 Å². The number of halogens is 1. The molecule has 0 spiro atoms. The maximum Gasteiger partial charge on any atom is 0.345 e. The normalized spacial score (nSPS) is 26.1. The Morgan fingerprint density at radius 2 is 2.06 bits per heavy atom. The summed E-state index contributed by atoms with van der Waals surface area (Å²) in [5.41, 5.74) is 3.62. The van der Waals surface area contributed by atoms with Crippen molar-refractivity contribution in [1.82, 2.24) is 4.90 Å². The number of ether oxygens (including phenoxy) is 1. The largest absolute Gasteiger partial charge is 0.467 e. The Labute approximate surface area is 100 Å². The first-order chi connectivity index (χ1) is 7.81. The summed E-state index contributed by atoms with van der Waals surface area (Å²) in [6.07, 6.45) is -0.0315. The maximum absolute atomic E-state index is 14.1. The summed E-state index contributed by atoms with van der Waals surface area (Å²) in [4.78, 5) is 24.4. The highest BCUT2D eigenvalue weighted by molar-refractivity contribution is 5.85. The lowest BCUT2D eigenvalue weighted by atomic mass is 10.0. The molecule has 17 heavy (non-hydrogen) atoms. The van der Waals surface area contributed by atoms with Crippen LogP contribution in [0.1, 0.15) is 20.3 Å². The van der Waals surface area contributed by atoms with Gasteiger partial charge >= 0.3 is 5.97 Å². The lowest BCUT2D eigenvalue weighted by Gasteiger charge is -2.23. The van der Waals surface area contributed by atoms with Crippen LogP contribution in [0.3, 0.4) is 0 Å². The first-order valence-electron chi connectivity index (χ1n) is 5.63. The third-order valence-corrected chi connectivity index (χ3v) is 3.09. The van der Waals surface area contributed by atoms with Gasteiger partial charge in [-0.2, -0.15) is 0 Å². The van der Waals surface area contributed by atoms with E-state index in [1.807, 2.05) is 13.8 Å². The Hall–Kier alpha value is -1.17. The molecule has 0 aromatic carbocycles. The van der Waals surface area contributed by atoms with Crippen molar-refractivity contribution in [3.63, 3.8) is 0 Å². The van der Waals surface area contributed by atoms with Gasteiger partial charge in [0.1, 0.15) is 0 Å². The number of likely N-dealkylation sites (tertiary alicyclic amines) is 1. The molecule has 2 atom stereocenters. The van der Waals surface area contributed by atoms with Crippen LogP contribution in [0.5, 0.6) is 0 Å². The second-order valence-electron chi connectivity index (χ2n) is 4.74. The van der Waals surface area contributed by atoms with Crippen LogP contribution in [-0.4, -0.2) is 48.7 Å². The molecule has 0 aromatic rings. The van der Waals surface area contributed by atoms with E-state index in [0.717, 1.165) is 7.11 Å². The number of carbonyl (C=O) groups excluding carboxylic acids is 2. The summed E-state index contributed by atoms with van der Waals surface area (Å²) < 4.78 is 18.5. The predicted octanol–water partition coefficient (Wildman–Crippen LogP) is 0.0833. The van der Waals surface area contributed by atoms with Gasteiger partial charge in [-0.05, 0) is 5.92 Å². The molecule has 2 N–H and O–H groups in total. The molecule has 1 fully saturated rings. The molecule has 0 aromatic heterocycles. The van der Waals surface area contributed by atoms with Crippen LogP contribution in [0.25, 0.3) is 0 Å². The van der Waals surface area contributed by atoms with Gasteiger partial charge in [-0.3, -0.25) is 4.79 Å². The number of nitrogens with two attached hydrogens (primary N) is 1. The number of rotatable bonds is 3. The van der Waals surface area contributed by atoms with Gasteiger partial charge in [-0.15, -0.1) is 0 Å². The molecule has 1 aliphatic rings. The number of hydrogen-bond acceptors (Lipinski definition) is 4. The Balaban J connectivity index is 2.68. The highest BCUT2D eigenvalue weighted by Crippen LogP contribution is 2.27. The monoisotopic (exact) mass is 246 g/mol. The smallest absolute Gasteiger partial charge is 0.345 e. The minimum absolute atomic E-state index is 0.0183. The zero-order valence-electron chi connectivity index (χ0n) is 10.4. The Bertz CT molecular complexity index is 322. The zero-order valence-corrected chi connectivity index (χ0v) is 10.4. The highest BCUT2D eigenvalue weighted by Gasteiger charge is 2.48. The van der Waals surface area contributed by atoms with Gasteiger partial charge in [0, 0.05) is 13.0 Å². The minimum Gasteiger partial charge on any atom is -0.467 e. The summed E-state index contributed by atoms with van der Waals surface area (Å²) in [5, 5.41) is 0. The third kappa shape index (κ3) is 2.74. The fourth-order valence-electron chi connectivity index (χ4n) is 1.81. The summed E-state index contributed by atoms with van der Waals surface area (Å²) in [6.45, 7) is 3.58. The Morgan fingerprint density at radius 3 is 2.53 bits per heavy atom. The second-order valence-corrected chi connectivity index (χ2v) is 4.74. The summed E-state index contributed by atoms with van der Waals surface area (Å²) >= 11 is 0. The minimum atomic E-state index is -2.08. The van der Waals surface area contributed by atoms with Crippen molar-refractivity contribution in [1.29, 1.82) is 0 Å². The summed E-state index contributed by atoms with van der Waals surface area (Å²) in [5.74, 6) is -1.26. The van der Waals surface area contributed by atoms with E-state index in [2.05, 4.69) is 4.74 Å². The molecule has 1 amide bonds. The molecule has 5 nitrogen and oxygen atoms in total. The van der Waals surface area contributed by atoms with Crippen LogP contribution in [-0.2, 0) is 14.3 Å². The molecule has 1 heterocycles. The molecular weight excluding hydrogens is 227 g/mol. The number of hydrogen-bond donors (Lipinski definition) is 1. The van der Waals surface area contributed by atoms with Crippen molar-refractivity contribution >= 4 is 11.9 Å². The predicted molar refractivity (Wildman–Crippen MR) is 59.9 cm³/mol. The average Bonchev–Trinajstić information content (AvgIpc) is 2.70. The quantitative estimate of drug-likeness (QED) is 0.716. The molecule has 1 saturated heterocycles. The molecule has 6 heteroatoms. The van der Waals surface area contributed by atoms with Crippen molar-refractivity contribution < 1.29 is 18.7 Å². The SMILES string of the molecule is COC(=O)C1(F)CCN(C(=O)[C@@H](N)C(C)C)C1. The Morgan fingerprint density at radius 1 is 1.47 bits per heavy atom. The van der Waals surface area contributed by atoms with Crippen LogP contribution in [0, 0.1) is 5.92 Å². The molecule has 0 radical (unpaired) electrons. The maximum atomic E-state index is 14.1. The van der Waals surface area contributed by atoms with Crippen LogP contribution in [0.4, 0.5) is 4.39 Å². The molecule has 0 saturated carbocycles. The lowest BCUT2D eigenvalue weighted by Crippen LogP contribution is -2.47. The van der Waals surface area contributed by atoms with E-state index in [1.54, 1.807) is 0 Å². The molecular formula is C11H19FN2O3. The van der Waals surface area contributed by atoms with E-state index >= 15 is 0 Å². The number of esters is 1. The van der Waals surface area contributed by atoms with Crippen molar-refractivity contribution in [2.45, 2.75) is 32.0 Å². The standard InChI is InChI=1S/C11H19FN2O3/c1-7(2)8(13)9(15)14-5-4-11(12,6-14)10(16)17-3/h7-8H,4-6,13H2,1-3H3/t8-,11?/m0/s1. The topological polar surface area (TPSA) is 72.6 Å². The van der Waals surface area contributed by atoms with Gasteiger partial charge in [-0.1, -0.05) is 13.8 Å². The first kappa shape index (κ1) is 13.9. The first-order valence-corrected chi connectivity index (χ1v) is 5.63. The third-order valence-electron chi connectivity index (χ3n) is 3.09. The van der Waals surface area contributed by atoms with Gasteiger partial charge in [0.05, 0.1) is 19.7 Å². The molecule has 0 bridgehead atoms. The van der Waals surface area contributed by atoms with Gasteiger partial charge in [0.25, 0.3) is 0 Å². The summed E-state index contributed by atoms with van der Waals surface area (Å²) in [6, 6.07) is -0.657. The van der Waals surface area contributed by atoms with Crippen molar-refractivity contribution in [2.75, 3.05) is 20.2 Å². The molecule has 1 rings (SSSR count). The lowest BCUT2D eigenvalue weighted by molar-refractivity contribution is -0.154. The van der Waals surface area contributed by atoms with E-state index in [4.69, 9.17) is 5.73 Å². The Kier molecular flexibility index (Phi) is 4.08. The van der Waals surface area contributed by atoms with Crippen LogP contribution < -0.4 is 5.73 Å². The number of amides is 1. The number of carbonyl (C=O) groups is 2. The average molecular weight is 246 g/mol. The second kappa shape index (κ2) is 5.00. The van der Waals surface area contributed by atoms with Gasteiger partial charge < -0.3 is 15.4 Å². The van der Waals surface area contributed by atoms with Crippen LogP contribution in [0.15, 0.2) is 0 Å². The van der Waals surface area contributed by atoms with E-state index in [9.17, 15) is 14.0 Å². The fraction of sp³-hybridized carbons (Fsp3) is 0.818. The molecule has 98 valence electrons. The zero-order chi connectivity index (χ0) is 13.2. The van der Waals surface area contributed by atoms with Crippen molar-refractivity contribution in [2.24, 2.45) is 11.7 Å². The molecule has 1 unspecified atom stereocenters. The van der Waals surface area contributed by atoms with Crippen molar-refractivity contribution in [3.8, 4) is 0 Å². The molecule has 0 aliphatic carbocycles. The highest BCUT2D eigenvalue weighted by atomic mass is 19.1. The van der Waals surface area contributed by atoms with E-state index < -0.39 is 17.7 Å².